The van der Waals surface area contributed by atoms with E-state index in [-0.39, 0.29) is 5.91 Å². The third-order valence-corrected chi connectivity index (χ3v) is 8.27. The molecule has 1 saturated carbocycles. The molecule has 0 spiro atoms. The van der Waals surface area contributed by atoms with E-state index in [1.54, 1.807) is 15.6 Å². The number of anilines is 2. The fourth-order valence-corrected chi connectivity index (χ4v) is 6.04. The first kappa shape index (κ1) is 26.0. The first-order valence-corrected chi connectivity index (χ1v) is 15.2. The predicted octanol–water partition coefficient (Wildman–Crippen LogP) is 2.86. The zero-order valence-electron chi connectivity index (χ0n) is 22.7. The first-order chi connectivity index (χ1) is 18.8. The Morgan fingerprint density at radius 3 is 2.46 bits per heavy atom. The van der Waals surface area contributed by atoms with E-state index in [2.05, 4.69) is 36.5 Å². The van der Waals surface area contributed by atoms with Crippen molar-refractivity contribution in [1.82, 2.24) is 29.6 Å². The predicted molar refractivity (Wildman–Crippen MR) is 157 cm³/mol. The van der Waals surface area contributed by atoms with Crippen LogP contribution in [0.15, 0.2) is 36.7 Å². The lowest BCUT2D eigenvalue weighted by Gasteiger charge is -2.34. The number of hydrogen-bond donors (Lipinski definition) is 3. The highest BCUT2D eigenvalue weighted by Crippen LogP contribution is 2.32. The molecule has 10 nitrogen and oxygen atoms in total. The fourth-order valence-electron chi connectivity index (χ4n) is 5.65. The highest BCUT2D eigenvalue weighted by molar-refractivity contribution is 7.82. The van der Waals surface area contributed by atoms with Crippen molar-refractivity contribution in [3.05, 3.63) is 47.8 Å². The third-order valence-electron chi connectivity index (χ3n) is 7.66. The van der Waals surface area contributed by atoms with Crippen molar-refractivity contribution in [2.75, 3.05) is 36.1 Å². The molecule has 0 bridgehead atoms. The topological polar surface area (TPSA) is 109 Å². The largest absolute Gasteiger partial charge is 0.371 e. The smallest absolute Gasteiger partial charge is 0.257 e. The zero-order chi connectivity index (χ0) is 27.1. The van der Waals surface area contributed by atoms with Crippen LogP contribution in [0.1, 0.15) is 41.6 Å². The maximum Gasteiger partial charge on any atom is 0.257 e. The van der Waals surface area contributed by atoms with Crippen molar-refractivity contribution in [1.29, 1.82) is 0 Å². The number of aryl methyl sites for hydroxylation is 2. The standard InChI is InChI=1S/C28H36N8O2S/c1-34-16-19-15-22(14-18(26(19)32-34)8-11-29-39(3)38)31-28(37)23-6-7-25(24-17-35(2)33-27(23)24)36-12-9-21(10-13-36)30-20-4-5-20/h6-7,14-17,20-21,29-30H,4-5,8-13H2,1-3H3,(H,31,37). The fraction of sp³-hybridized carbons (Fsp3) is 0.464. The minimum absolute atomic E-state index is 0.195. The maximum absolute atomic E-state index is 13.6. The molecule has 2 fully saturated rings. The second-order valence-electron chi connectivity index (χ2n) is 10.8. The lowest BCUT2D eigenvalue weighted by molar-refractivity contribution is 0.102. The van der Waals surface area contributed by atoms with E-state index in [1.165, 1.54) is 12.8 Å². The first-order valence-electron chi connectivity index (χ1n) is 13.7. The summed E-state index contributed by atoms with van der Waals surface area (Å²) in [6, 6.07) is 9.21. The van der Waals surface area contributed by atoms with Gasteiger partial charge in [-0.15, -0.1) is 0 Å². The van der Waals surface area contributed by atoms with Gasteiger partial charge in [0.05, 0.1) is 22.1 Å². The van der Waals surface area contributed by atoms with Gasteiger partial charge in [-0.25, -0.2) is 8.93 Å². The molecular weight excluding hydrogens is 512 g/mol. The monoisotopic (exact) mass is 548 g/mol. The highest BCUT2D eigenvalue weighted by Gasteiger charge is 2.28. The molecule has 2 aromatic heterocycles. The Kier molecular flexibility index (Phi) is 7.13. The number of amides is 1. The molecule has 3 heterocycles. The number of fused-ring (bicyclic) bond motifs is 2. The van der Waals surface area contributed by atoms with Crippen molar-refractivity contribution in [3.8, 4) is 0 Å². The molecule has 6 rings (SSSR count). The lowest BCUT2D eigenvalue weighted by atomic mass is 10.0. The van der Waals surface area contributed by atoms with Crippen LogP contribution in [0, 0.1) is 0 Å². The average molecular weight is 549 g/mol. The van der Waals surface area contributed by atoms with Crippen molar-refractivity contribution >= 4 is 50.1 Å². The van der Waals surface area contributed by atoms with E-state index < -0.39 is 11.0 Å². The minimum Gasteiger partial charge on any atom is -0.371 e. The Hall–Kier alpha value is -3.28. The third kappa shape index (κ3) is 5.70. The SMILES string of the molecule is Cn1cc2cc(NC(=O)c3ccc(N4CCC(NC5CC5)CC4)c4cn(C)nc34)cc(CCNS(C)=O)c2n1. The summed E-state index contributed by atoms with van der Waals surface area (Å²) in [5, 5.41) is 18.1. The molecule has 4 aromatic rings. The summed E-state index contributed by atoms with van der Waals surface area (Å²) in [5.74, 6) is -0.195. The summed E-state index contributed by atoms with van der Waals surface area (Å²) in [5.41, 5.74) is 4.97. The summed E-state index contributed by atoms with van der Waals surface area (Å²) in [6.07, 6.45) is 11.1. The van der Waals surface area contributed by atoms with Gasteiger partial charge in [0, 0.05) is 86.6 Å². The van der Waals surface area contributed by atoms with E-state index in [0.29, 0.717) is 35.8 Å². The van der Waals surface area contributed by atoms with Crippen LogP contribution in [0.2, 0.25) is 0 Å². The summed E-state index contributed by atoms with van der Waals surface area (Å²) in [7, 11) is 2.70. The molecule has 39 heavy (non-hydrogen) atoms. The highest BCUT2D eigenvalue weighted by atomic mass is 32.2. The number of piperidine rings is 1. The molecule has 1 amide bonds. The van der Waals surface area contributed by atoms with Gasteiger partial charge in [0.25, 0.3) is 5.91 Å². The van der Waals surface area contributed by atoms with E-state index in [0.717, 1.165) is 59.5 Å². The van der Waals surface area contributed by atoms with Crippen LogP contribution >= 0.6 is 0 Å². The molecule has 3 N–H and O–H groups in total. The number of nitrogens with one attached hydrogen (secondary N) is 3. The molecule has 1 aliphatic carbocycles. The summed E-state index contributed by atoms with van der Waals surface area (Å²) in [6.45, 7) is 2.54. The van der Waals surface area contributed by atoms with Gasteiger partial charge in [0.15, 0.2) is 0 Å². The van der Waals surface area contributed by atoms with Gasteiger partial charge in [-0.05, 0) is 61.9 Å². The van der Waals surface area contributed by atoms with Gasteiger partial charge in [0.2, 0.25) is 0 Å². The number of rotatable bonds is 9. The van der Waals surface area contributed by atoms with Gasteiger partial charge in [-0.2, -0.15) is 10.2 Å². The number of hydrogen-bond acceptors (Lipinski definition) is 6. The van der Waals surface area contributed by atoms with Crippen LogP contribution in [0.3, 0.4) is 0 Å². The summed E-state index contributed by atoms with van der Waals surface area (Å²) >= 11 is 0. The van der Waals surface area contributed by atoms with Gasteiger partial charge in [-0.1, -0.05) is 0 Å². The number of carbonyl (C=O) groups is 1. The molecule has 1 saturated heterocycles. The molecule has 2 aromatic carbocycles. The molecule has 1 aliphatic heterocycles. The number of nitrogens with zero attached hydrogens (tertiary/aromatic N) is 5. The molecular formula is C28H36N8O2S. The molecule has 2 aliphatic rings. The van der Waals surface area contributed by atoms with Crippen molar-refractivity contribution in [2.24, 2.45) is 14.1 Å². The van der Waals surface area contributed by atoms with Crippen LogP contribution in [-0.2, 0) is 31.5 Å². The van der Waals surface area contributed by atoms with Crippen LogP contribution in [0.4, 0.5) is 11.4 Å². The Morgan fingerprint density at radius 1 is 1.00 bits per heavy atom. The van der Waals surface area contributed by atoms with Crippen LogP contribution in [0.5, 0.6) is 0 Å². The minimum atomic E-state index is -1.09. The van der Waals surface area contributed by atoms with Crippen LogP contribution < -0.4 is 20.3 Å². The number of aromatic nitrogens is 4. The van der Waals surface area contributed by atoms with Crippen molar-refractivity contribution in [3.63, 3.8) is 0 Å². The molecule has 1 unspecified atom stereocenters. The maximum atomic E-state index is 13.6. The molecule has 0 radical (unpaired) electrons. The van der Waals surface area contributed by atoms with Crippen LogP contribution in [-0.4, -0.2) is 67.7 Å². The van der Waals surface area contributed by atoms with Gasteiger partial charge >= 0.3 is 0 Å². The van der Waals surface area contributed by atoms with Crippen molar-refractivity contribution in [2.45, 2.75) is 44.2 Å². The van der Waals surface area contributed by atoms with Crippen LogP contribution in [0.25, 0.3) is 21.8 Å². The Balaban J connectivity index is 1.24. The van der Waals surface area contributed by atoms with Gasteiger partial charge in [-0.3, -0.25) is 14.2 Å². The molecule has 11 heteroatoms. The van der Waals surface area contributed by atoms with Gasteiger partial charge < -0.3 is 15.5 Å². The molecule has 1 atom stereocenters. The Bertz CT molecular complexity index is 1550. The van der Waals surface area contributed by atoms with Gasteiger partial charge in [0.1, 0.15) is 5.52 Å². The van der Waals surface area contributed by atoms with E-state index >= 15 is 0 Å². The zero-order valence-corrected chi connectivity index (χ0v) is 23.6. The van der Waals surface area contributed by atoms with E-state index in [4.69, 9.17) is 0 Å². The quantitative estimate of drug-likeness (QED) is 0.297. The summed E-state index contributed by atoms with van der Waals surface area (Å²) in [4.78, 5) is 16.0. The second kappa shape index (κ2) is 10.7. The molecule has 206 valence electrons. The summed E-state index contributed by atoms with van der Waals surface area (Å²) < 4.78 is 18.0. The second-order valence-corrected chi connectivity index (χ2v) is 12.0. The normalized spacial score (nSPS) is 17.3. The van der Waals surface area contributed by atoms with Crippen molar-refractivity contribution < 1.29 is 9.00 Å². The lowest BCUT2D eigenvalue weighted by Crippen LogP contribution is -2.43. The number of benzene rings is 2. The Labute approximate surface area is 230 Å². The Morgan fingerprint density at radius 2 is 1.72 bits per heavy atom. The van der Waals surface area contributed by atoms with E-state index in [1.807, 2.05) is 44.7 Å². The van der Waals surface area contributed by atoms with E-state index in [9.17, 15) is 9.00 Å². The number of carbonyl (C=O) groups excluding carboxylic acids is 1. The average Bonchev–Trinajstić information content (AvgIpc) is 3.49.